The molecule has 2 unspecified atom stereocenters. The lowest BCUT2D eigenvalue weighted by atomic mass is 10.0. The lowest BCUT2D eigenvalue weighted by molar-refractivity contribution is 0.182. The topological polar surface area (TPSA) is 61.0 Å². The van der Waals surface area contributed by atoms with Crippen LogP contribution in [0.1, 0.15) is 6.42 Å². The normalized spacial score (nSPS) is 22.9. The molecule has 0 spiro atoms. The first-order valence-corrected chi connectivity index (χ1v) is 6.08. The zero-order valence-electron chi connectivity index (χ0n) is 8.50. The molecule has 0 radical (unpaired) electrons. The zero-order chi connectivity index (χ0) is 10.5. The first-order chi connectivity index (χ1) is 7.36. The minimum Gasteiger partial charge on any atom is -0.381 e. The Hall–Kier alpha value is -0.650. The molecule has 0 aromatic carbocycles. The number of rotatable bonds is 4. The van der Waals surface area contributed by atoms with E-state index in [1.807, 2.05) is 6.07 Å². The molecular formula is C10H15N3OS. The van der Waals surface area contributed by atoms with Gasteiger partial charge in [-0.15, -0.1) is 0 Å². The van der Waals surface area contributed by atoms with Crippen molar-refractivity contribution in [2.75, 3.05) is 19.0 Å². The van der Waals surface area contributed by atoms with Gasteiger partial charge in [-0.2, -0.15) is 0 Å². The van der Waals surface area contributed by atoms with Crippen LogP contribution in [0.3, 0.4) is 0 Å². The highest BCUT2D eigenvalue weighted by atomic mass is 32.2. The molecule has 2 atom stereocenters. The average molecular weight is 225 g/mol. The van der Waals surface area contributed by atoms with Gasteiger partial charge in [-0.3, -0.25) is 0 Å². The maximum Gasteiger partial charge on any atom is 0.187 e. The zero-order valence-corrected chi connectivity index (χ0v) is 9.32. The number of nitrogens with two attached hydrogens (primary N) is 1. The van der Waals surface area contributed by atoms with Gasteiger partial charge in [0.2, 0.25) is 0 Å². The molecule has 4 nitrogen and oxygen atoms in total. The number of ether oxygens (including phenoxy) is 1. The summed E-state index contributed by atoms with van der Waals surface area (Å²) in [4.78, 5) is 8.28. The number of thioether (sulfide) groups is 1. The summed E-state index contributed by atoms with van der Waals surface area (Å²) in [5.41, 5.74) is 6.07. The van der Waals surface area contributed by atoms with Crippen LogP contribution in [0.5, 0.6) is 0 Å². The molecule has 15 heavy (non-hydrogen) atoms. The number of hydrogen-bond acceptors (Lipinski definition) is 5. The molecule has 1 aliphatic heterocycles. The molecule has 1 fully saturated rings. The molecule has 2 N–H and O–H groups in total. The Morgan fingerprint density at radius 3 is 3.00 bits per heavy atom. The van der Waals surface area contributed by atoms with E-state index >= 15 is 0 Å². The van der Waals surface area contributed by atoms with E-state index in [-0.39, 0.29) is 6.04 Å². The first-order valence-electron chi connectivity index (χ1n) is 5.09. The standard InChI is InChI=1S/C10H15N3OS/c11-9(8-2-5-14-6-8)7-15-10-12-3-1-4-13-10/h1,3-4,8-9H,2,5-7,11H2. The van der Waals surface area contributed by atoms with Gasteiger partial charge in [0.15, 0.2) is 5.16 Å². The summed E-state index contributed by atoms with van der Waals surface area (Å²) in [7, 11) is 0. The molecule has 1 saturated heterocycles. The van der Waals surface area contributed by atoms with E-state index in [0.29, 0.717) is 5.92 Å². The van der Waals surface area contributed by atoms with Crippen LogP contribution in [-0.4, -0.2) is 35.0 Å². The van der Waals surface area contributed by atoms with Gasteiger partial charge in [-0.05, 0) is 12.5 Å². The van der Waals surface area contributed by atoms with E-state index in [1.165, 1.54) is 0 Å². The Bertz CT molecular complexity index is 290. The van der Waals surface area contributed by atoms with E-state index in [4.69, 9.17) is 10.5 Å². The molecule has 0 bridgehead atoms. The SMILES string of the molecule is NC(CSc1ncccn1)C1CCOC1. The fourth-order valence-electron chi connectivity index (χ4n) is 1.56. The first kappa shape index (κ1) is 10.9. The van der Waals surface area contributed by atoms with E-state index < -0.39 is 0 Å². The van der Waals surface area contributed by atoms with Crippen LogP contribution in [0.2, 0.25) is 0 Å². The lowest BCUT2D eigenvalue weighted by Crippen LogP contribution is -2.32. The van der Waals surface area contributed by atoms with Crippen molar-refractivity contribution < 1.29 is 4.74 Å². The fourth-order valence-corrected chi connectivity index (χ4v) is 2.44. The summed E-state index contributed by atoms with van der Waals surface area (Å²) < 4.78 is 5.31. The summed E-state index contributed by atoms with van der Waals surface area (Å²) >= 11 is 1.61. The number of aromatic nitrogens is 2. The van der Waals surface area contributed by atoms with Crippen molar-refractivity contribution in [1.82, 2.24) is 9.97 Å². The Balaban J connectivity index is 1.77. The van der Waals surface area contributed by atoms with Crippen LogP contribution >= 0.6 is 11.8 Å². The molecule has 0 aliphatic carbocycles. The van der Waals surface area contributed by atoms with Crippen LogP contribution in [0, 0.1) is 5.92 Å². The van der Waals surface area contributed by atoms with Crippen LogP contribution in [0.15, 0.2) is 23.6 Å². The number of nitrogens with zero attached hydrogens (tertiary/aromatic N) is 2. The van der Waals surface area contributed by atoms with Crippen LogP contribution in [0.4, 0.5) is 0 Å². The Kier molecular flexibility index (Phi) is 3.94. The van der Waals surface area contributed by atoms with Gasteiger partial charge in [0.1, 0.15) is 0 Å². The third kappa shape index (κ3) is 3.15. The summed E-state index contributed by atoms with van der Waals surface area (Å²) in [5, 5.41) is 0.798. The van der Waals surface area contributed by atoms with Gasteiger partial charge in [0.25, 0.3) is 0 Å². The highest BCUT2D eigenvalue weighted by Gasteiger charge is 2.22. The molecular weight excluding hydrogens is 210 g/mol. The second-order valence-electron chi connectivity index (χ2n) is 3.63. The predicted octanol–water partition coefficient (Wildman–Crippen LogP) is 0.933. The van der Waals surface area contributed by atoms with Gasteiger partial charge >= 0.3 is 0 Å². The molecule has 0 saturated carbocycles. The Morgan fingerprint density at radius 2 is 2.33 bits per heavy atom. The van der Waals surface area contributed by atoms with Crippen molar-refractivity contribution in [1.29, 1.82) is 0 Å². The van der Waals surface area contributed by atoms with Gasteiger partial charge in [-0.1, -0.05) is 11.8 Å². The van der Waals surface area contributed by atoms with Gasteiger partial charge in [0.05, 0.1) is 6.61 Å². The van der Waals surface area contributed by atoms with Crippen LogP contribution < -0.4 is 5.73 Å². The average Bonchev–Trinajstić information content (AvgIpc) is 2.81. The number of hydrogen-bond donors (Lipinski definition) is 1. The third-order valence-electron chi connectivity index (χ3n) is 2.52. The molecule has 1 aliphatic rings. The second-order valence-corrected chi connectivity index (χ2v) is 4.62. The quantitative estimate of drug-likeness (QED) is 0.610. The van der Waals surface area contributed by atoms with Crippen molar-refractivity contribution in [3.8, 4) is 0 Å². The smallest absolute Gasteiger partial charge is 0.187 e. The van der Waals surface area contributed by atoms with E-state index in [9.17, 15) is 0 Å². The Morgan fingerprint density at radius 1 is 1.53 bits per heavy atom. The summed E-state index contributed by atoms with van der Waals surface area (Å²) in [6.45, 7) is 1.66. The maximum absolute atomic E-state index is 6.07. The molecule has 1 aromatic heterocycles. The molecule has 82 valence electrons. The summed E-state index contributed by atoms with van der Waals surface area (Å²) in [6.07, 6.45) is 4.58. The largest absolute Gasteiger partial charge is 0.381 e. The molecule has 1 aromatic rings. The van der Waals surface area contributed by atoms with Crippen LogP contribution in [0.25, 0.3) is 0 Å². The summed E-state index contributed by atoms with van der Waals surface area (Å²) in [5.74, 6) is 1.36. The van der Waals surface area contributed by atoms with Gasteiger partial charge < -0.3 is 10.5 Å². The lowest BCUT2D eigenvalue weighted by Gasteiger charge is -2.16. The monoisotopic (exact) mass is 225 g/mol. The van der Waals surface area contributed by atoms with Gasteiger partial charge in [-0.25, -0.2) is 9.97 Å². The van der Waals surface area contributed by atoms with Crippen LogP contribution in [-0.2, 0) is 4.74 Å². The van der Waals surface area contributed by atoms with Crippen molar-refractivity contribution >= 4 is 11.8 Å². The molecule has 2 heterocycles. The highest BCUT2D eigenvalue weighted by Crippen LogP contribution is 2.20. The van der Waals surface area contributed by atoms with E-state index in [2.05, 4.69) is 9.97 Å². The molecule has 2 rings (SSSR count). The van der Waals surface area contributed by atoms with Crippen molar-refractivity contribution in [3.63, 3.8) is 0 Å². The predicted molar refractivity (Wildman–Crippen MR) is 59.7 cm³/mol. The highest BCUT2D eigenvalue weighted by molar-refractivity contribution is 7.99. The Labute approximate surface area is 93.6 Å². The van der Waals surface area contributed by atoms with Gasteiger partial charge in [0, 0.05) is 36.7 Å². The molecule has 5 heteroatoms. The van der Waals surface area contributed by atoms with Crippen molar-refractivity contribution in [2.24, 2.45) is 11.7 Å². The third-order valence-corrected chi connectivity index (χ3v) is 3.54. The molecule has 0 amide bonds. The second kappa shape index (κ2) is 5.44. The van der Waals surface area contributed by atoms with Crippen molar-refractivity contribution in [2.45, 2.75) is 17.6 Å². The minimum atomic E-state index is 0.182. The maximum atomic E-state index is 6.07. The fraction of sp³-hybridized carbons (Fsp3) is 0.600. The minimum absolute atomic E-state index is 0.182. The van der Waals surface area contributed by atoms with Crippen molar-refractivity contribution in [3.05, 3.63) is 18.5 Å². The summed E-state index contributed by atoms with van der Waals surface area (Å²) in [6, 6.07) is 2.00. The van der Waals surface area contributed by atoms with E-state index in [1.54, 1.807) is 24.2 Å². The van der Waals surface area contributed by atoms with E-state index in [0.717, 1.165) is 30.5 Å².